The molecule has 2 heterocycles. The van der Waals surface area contributed by atoms with Crippen LogP contribution in [0.25, 0.3) is 0 Å². The summed E-state index contributed by atoms with van der Waals surface area (Å²) >= 11 is 2.03. The highest BCUT2D eigenvalue weighted by atomic mass is 32.2. The van der Waals surface area contributed by atoms with Crippen LogP contribution in [0, 0.1) is 0 Å². The molecule has 0 atom stereocenters. The molecule has 1 aliphatic heterocycles. The topological polar surface area (TPSA) is 51.4 Å². The second-order valence-corrected chi connectivity index (χ2v) is 7.88. The van der Waals surface area contributed by atoms with E-state index in [0.717, 1.165) is 31.1 Å². The van der Waals surface area contributed by atoms with E-state index in [9.17, 15) is 0 Å². The number of ether oxygens (including phenoxy) is 1. The van der Waals surface area contributed by atoms with Crippen LogP contribution >= 0.6 is 11.8 Å². The molecule has 0 spiro atoms. The lowest BCUT2D eigenvalue weighted by Crippen LogP contribution is -2.28. The van der Waals surface area contributed by atoms with Gasteiger partial charge in [-0.25, -0.2) is 0 Å². The van der Waals surface area contributed by atoms with Crippen LogP contribution in [-0.2, 0) is 0 Å². The second kappa shape index (κ2) is 6.12. The number of nitrogen functional groups attached to an aromatic ring is 1. The molecule has 0 saturated carbocycles. The van der Waals surface area contributed by atoms with Crippen molar-refractivity contribution in [3.8, 4) is 5.88 Å². The van der Waals surface area contributed by atoms with E-state index in [1.165, 1.54) is 0 Å². The van der Waals surface area contributed by atoms with Crippen molar-refractivity contribution in [3.05, 3.63) is 12.1 Å². The zero-order chi connectivity index (χ0) is 14.8. The van der Waals surface area contributed by atoms with E-state index in [-0.39, 0.29) is 6.10 Å². The molecule has 1 saturated heterocycles. The van der Waals surface area contributed by atoms with Crippen LogP contribution in [0.2, 0.25) is 0 Å². The van der Waals surface area contributed by atoms with Gasteiger partial charge in [0.25, 0.3) is 0 Å². The largest absolute Gasteiger partial charge is 0.473 e. The minimum Gasteiger partial charge on any atom is -0.473 e. The van der Waals surface area contributed by atoms with Gasteiger partial charge in [0.2, 0.25) is 5.88 Å². The van der Waals surface area contributed by atoms with Gasteiger partial charge in [-0.15, -0.1) is 0 Å². The van der Waals surface area contributed by atoms with E-state index in [1.807, 2.05) is 37.7 Å². The fourth-order valence-corrected chi connectivity index (χ4v) is 3.28. The van der Waals surface area contributed by atoms with Crippen LogP contribution in [0.3, 0.4) is 0 Å². The maximum absolute atomic E-state index is 5.93. The quantitative estimate of drug-likeness (QED) is 0.928. The maximum Gasteiger partial charge on any atom is 0.239 e. The van der Waals surface area contributed by atoms with Gasteiger partial charge in [-0.2, -0.15) is 16.7 Å². The number of nitrogens with two attached hydrogens (primary N) is 1. The average molecular weight is 295 g/mol. The minimum absolute atomic E-state index is 0.0821. The van der Waals surface area contributed by atoms with Crippen LogP contribution in [0.4, 0.5) is 11.5 Å². The molecule has 0 aromatic carbocycles. The van der Waals surface area contributed by atoms with Gasteiger partial charge in [-0.1, -0.05) is 13.8 Å². The van der Waals surface area contributed by atoms with Crippen molar-refractivity contribution in [2.75, 3.05) is 29.5 Å². The van der Waals surface area contributed by atoms with Crippen LogP contribution in [-0.4, -0.2) is 34.7 Å². The Morgan fingerprint density at radius 2 is 2.10 bits per heavy atom. The first-order valence-electron chi connectivity index (χ1n) is 7.19. The molecule has 0 aliphatic carbocycles. The third kappa shape index (κ3) is 3.95. The molecule has 0 unspecified atom stereocenters. The molecule has 2 N–H and O–H groups in total. The average Bonchev–Trinajstić information content (AvgIpc) is 2.53. The van der Waals surface area contributed by atoms with Gasteiger partial charge < -0.3 is 15.4 Å². The molecular formula is C15H25N3OS. The molecule has 1 aromatic rings. The fraction of sp³-hybridized carbons (Fsp3) is 0.667. The lowest BCUT2D eigenvalue weighted by atomic mass is 10.1. The van der Waals surface area contributed by atoms with Crippen molar-refractivity contribution < 1.29 is 4.74 Å². The van der Waals surface area contributed by atoms with Gasteiger partial charge in [0.15, 0.2) is 0 Å². The lowest BCUT2D eigenvalue weighted by molar-refractivity contribution is 0.234. The number of rotatable bonds is 3. The van der Waals surface area contributed by atoms with Gasteiger partial charge in [-0.3, -0.25) is 0 Å². The lowest BCUT2D eigenvalue weighted by Gasteiger charge is -2.24. The Morgan fingerprint density at radius 1 is 1.35 bits per heavy atom. The highest BCUT2D eigenvalue weighted by molar-refractivity contribution is 8.00. The Morgan fingerprint density at radius 3 is 2.80 bits per heavy atom. The van der Waals surface area contributed by atoms with Gasteiger partial charge in [0, 0.05) is 23.6 Å². The third-order valence-electron chi connectivity index (χ3n) is 3.38. The summed E-state index contributed by atoms with van der Waals surface area (Å²) < 4.78 is 6.03. The molecule has 0 bridgehead atoms. The Hall–Kier alpha value is -1.10. The third-order valence-corrected chi connectivity index (χ3v) is 4.76. The Bertz CT molecular complexity index is 462. The number of hydrogen-bond donors (Lipinski definition) is 1. The zero-order valence-electron chi connectivity index (χ0n) is 12.8. The highest BCUT2D eigenvalue weighted by Gasteiger charge is 2.24. The first kappa shape index (κ1) is 15.3. The number of pyridine rings is 1. The number of nitrogens with zero attached hydrogens (tertiary/aromatic N) is 2. The zero-order valence-corrected chi connectivity index (χ0v) is 13.7. The predicted molar refractivity (Wildman–Crippen MR) is 87.8 cm³/mol. The number of aromatic nitrogens is 1. The molecule has 1 fully saturated rings. The molecule has 0 radical (unpaired) electrons. The SMILES string of the molecule is CC(C)Oc1nc(N2CCSC(C)(C)CC2)ccc1N. The van der Waals surface area contributed by atoms with Crippen molar-refractivity contribution in [3.63, 3.8) is 0 Å². The summed E-state index contributed by atoms with van der Waals surface area (Å²) in [6.07, 6.45) is 1.24. The first-order chi connectivity index (χ1) is 9.37. The molecule has 112 valence electrons. The van der Waals surface area contributed by atoms with Crippen molar-refractivity contribution in [1.82, 2.24) is 4.98 Å². The maximum atomic E-state index is 5.93. The van der Waals surface area contributed by atoms with Crippen molar-refractivity contribution >= 4 is 23.3 Å². The Balaban J connectivity index is 2.16. The molecule has 1 aromatic heterocycles. The van der Waals surface area contributed by atoms with Crippen LogP contribution in [0.5, 0.6) is 5.88 Å². The van der Waals surface area contributed by atoms with Gasteiger partial charge in [0.05, 0.1) is 11.8 Å². The normalized spacial score (nSPS) is 18.9. The van der Waals surface area contributed by atoms with E-state index >= 15 is 0 Å². The highest BCUT2D eigenvalue weighted by Crippen LogP contribution is 2.32. The van der Waals surface area contributed by atoms with E-state index in [4.69, 9.17) is 10.5 Å². The van der Waals surface area contributed by atoms with Crippen LogP contribution in [0.1, 0.15) is 34.1 Å². The summed E-state index contributed by atoms with van der Waals surface area (Å²) in [6, 6.07) is 3.88. The molecule has 20 heavy (non-hydrogen) atoms. The second-order valence-electron chi connectivity index (χ2n) is 6.08. The molecule has 4 nitrogen and oxygen atoms in total. The number of hydrogen-bond acceptors (Lipinski definition) is 5. The first-order valence-corrected chi connectivity index (χ1v) is 8.18. The van der Waals surface area contributed by atoms with Gasteiger partial charge >= 0.3 is 0 Å². The Kier molecular flexibility index (Phi) is 4.68. The summed E-state index contributed by atoms with van der Waals surface area (Å²) in [6.45, 7) is 10.6. The van der Waals surface area contributed by atoms with Gasteiger partial charge in [0.1, 0.15) is 5.82 Å². The van der Waals surface area contributed by atoms with Gasteiger partial charge in [-0.05, 0) is 32.4 Å². The predicted octanol–water partition coefficient (Wildman–Crippen LogP) is 3.17. The summed E-state index contributed by atoms with van der Waals surface area (Å²) in [7, 11) is 0. The van der Waals surface area contributed by atoms with Crippen molar-refractivity contribution in [1.29, 1.82) is 0 Å². The molecule has 2 rings (SSSR count). The Labute approximate surface area is 126 Å². The van der Waals surface area contributed by atoms with E-state index < -0.39 is 0 Å². The molecule has 5 heteroatoms. The summed E-state index contributed by atoms with van der Waals surface area (Å²) in [4.78, 5) is 6.92. The van der Waals surface area contributed by atoms with E-state index in [1.54, 1.807) is 0 Å². The standard InChI is InChI=1S/C15H25N3OS/c1-11(2)19-14-12(16)5-6-13(17-14)18-8-7-15(3,4)20-10-9-18/h5-6,11H,7-10,16H2,1-4H3. The number of anilines is 2. The summed E-state index contributed by atoms with van der Waals surface area (Å²) in [5, 5.41) is 0. The molecular weight excluding hydrogens is 270 g/mol. The van der Waals surface area contributed by atoms with E-state index in [0.29, 0.717) is 16.3 Å². The fourth-order valence-electron chi connectivity index (χ4n) is 2.18. The molecule has 0 amide bonds. The smallest absolute Gasteiger partial charge is 0.239 e. The molecule has 1 aliphatic rings. The number of thioether (sulfide) groups is 1. The summed E-state index contributed by atoms with van der Waals surface area (Å²) in [5.74, 6) is 2.64. The van der Waals surface area contributed by atoms with Crippen molar-refractivity contribution in [2.45, 2.75) is 45.0 Å². The minimum atomic E-state index is 0.0821. The summed E-state index contributed by atoms with van der Waals surface area (Å²) in [5.41, 5.74) is 6.53. The van der Waals surface area contributed by atoms with Crippen molar-refractivity contribution in [2.24, 2.45) is 0 Å². The monoisotopic (exact) mass is 295 g/mol. The van der Waals surface area contributed by atoms with Crippen LogP contribution < -0.4 is 15.4 Å². The van der Waals surface area contributed by atoms with Crippen LogP contribution in [0.15, 0.2) is 12.1 Å². The van der Waals surface area contributed by atoms with E-state index in [2.05, 4.69) is 23.7 Å².